The smallest absolute Gasteiger partial charge is 0.274 e. The summed E-state index contributed by atoms with van der Waals surface area (Å²) in [4.78, 5) is 17.6. The van der Waals surface area contributed by atoms with E-state index in [1.54, 1.807) is 0 Å². The van der Waals surface area contributed by atoms with Crippen LogP contribution in [-0.2, 0) is 19.4 Å². The van der Waals surface area contributed by atoms with Gasteiger partial charge in [-0.05, 0) is 51.1 Å². The number of nitrogens with zero attached hydrogens (tertiary/aromatic N) is 4. The predicted molar refractivity (Wildman–Crippen MR) is 101 cm³/mol. The van der Waals surface area contributed by atoms with Crippen LogP contribution in [0.5, 0.6) is 0 Å². The van der Waals surface area contributed by atoms with Gasteiger partial charge in [0.1, 0.15) is 0 Å². The van der Waals surface area contributed by atoms with E-state index in [1.165, 1.54) is 17.7 Å². The number of rotatable bonds is 6. The second kappa shape index (κ2) is 7.90. The Hall–Kier alpha value is -1.36. The van der Waals surface area contributed by atoms with Crippen molar-refractivity contribution in [2.75, 3.05) is 26.2 Å². The molecule has 140 valence electrons. The Balaban J connectivity index is 1.92. The van der Waals surface area contributed by atoms with Gasteiger partial charge in [0.2, 0.25) is 0 Å². The Morgan fingerprint density at radius 1 is 1.24 bits per heavy atom. The van der Waals surface area contributed by atoms with Gasteiger partial charge in [-0.2, -0.15) is 5.10 Å². The van der Waals surface area contributed by atoms with E-state index < -0.39 is 0 Å². The van der Waals surface area contributed by atoms with E-state index in [9.17, 15) is 4.79 Å². The number of hydrogen-bond donors (Lipinski definition) is 0. The summed E-state index contributed by atoms with van der Waals surface area (Å²) < 4.78 is 2.14. The quantitative estimate of drug-likeness (QED) is 0.795. The first-order valence-electron chi connectivity index (χ1n) is 10.2. The van der Waals surface area contributed by atoms with Crippen LogP contribution >= 0.6 is 0 Å². The summed E-state index contributed by atoms with van der Waals surface area (Å²) in [6, 6.07) is 0.546. The van der Waals surface area contributed by atoms with Crippen LogP contribution in [0, 0.1) is 5.92 Å². The fourth-order valence-electron chi connectivity index (χ4n) is 4.46. The average molecular weight is 347 g/mol. The molecule has 1 aromatic rings. The number of carbonyl (C=O) groups is 1. The molecule has 0 bridgehead atoms. The minimum atomic E-state index is 0.163. The summed E-state index contributed by atoms with van der Waals surface area (Å²) in [5.74, 6) is 0.704. The Kier molecular flexibility index (Phi) is 5.82. The molecule has 0 aromatic carbocycles. The van der Waals surface area contributed by atoms with Gasteiger partial charge in [0, 0.05) is 36.9 Å². The van der Waals surface area contributed by atoms with Crippen molar-refractivity contribution < 1.29 is 4.79 Å². The molecule has 1 aromatic heterocycles. The summed E-state index contributed by atoms with van der Waals surface area (Å²) in [6.07, 6.45) is 5.45. The summed E-state index contributed by atoms with van der Waals surface area (Å²) in [5, 5.41) is 4.83. The maximum atomic E-state index is 13.1. The zero-order chi connectivity index (χ0) is 18.0. The van der Waals surface area contributed by atoms with Gasteiger partial charge < -0.3 is 9.80 Å². The van der Waals surface area contributed by atoms with E-state index in [0.29, 0.717) is 12.0 Å². The van der Waals surface area contributed by atoms with Gasteiger partial charge in [-0.15, -0.1) is 0 Å². The van der Waals surface area contributed by atoms with Gasteiger partial charge in [0.25, 0.3) is 5.91 Å². The van der Waals surface area contributed by atoms with Gasteiger partial charge in [0.05, 0.1) is 0 Å². The summed E-state index contributed by atoms with van der Waals surface area (Å²) >= 11 is 0. The number of hydrogen-bond acceptors (Lipinski definition) is 3. The van der Waals surface area contributed by atoms with Crippen LogP contribution in [0.1, 0.15) is 68.7 Å². The standard InChI is InChI=1S/C20H34N4O/c1-5-22(6-2)16-9-10-18-17(13-16)19(21-24(18)14-15(3)4)20(25)23-11-7-8-12-23/h15-16H,5-14H2,1-4H3/t16-/m1/s1. The average Bonchev–Trinajstić information content (AvgIpc) is 3.23. The van der Waals surface area contributed by atoms with Crippen molar-refractivity contribution >= 4 is 5.91 Å². The van der Waals surface area contributed by atoms with Gasteiger partial charge in [-0.3, -0.25) is 9.48 Å². The monoisotopic (exact) mass is 346 g/mol. The lowest BCUT2D eigenvalue weighted by Crippen LogP contribution is -2.40. The summed E-state index contributed by atoms with van der Waals surface area (Å²) in [5.41, 5.74) is 3.30. The molecule has 1 aliphatic heterocycles. The lowest BCUT2D eigenvalue weighted by atomic mass is 9.90. The van der Waals surface area contributed by atoms with Gasteiger partial charge in [-0.1, -0.05) is 27.7 Å². The molecule has 1 aliphatic carbocycles. The highest BCUT2D eigenvalue weighted by Gasteiger charge is 2.33. The molecule has 1 atom stereocenters. The molecule has 1 saturated heterocycles. The minimum absolute atomic E-state index is 0.163. The van der Waals surface area contributed by atoms with Crippen LogP contribution in [0.4, 0.5) is 0 Å². The second-order valence-electron chi connectivity index (χ2n) is 7.97. The summed E-state index contributed by atoms with van der Waals surface area (Å²) in [7, 11) is 0. The molecule has 0 radical (unpaired) electrons. The number of likely N-dealkylation sites (N-methyl/N-ethyl adjacent to an activating group) is 1. The third-order valence-electron chi connectivity index (χ3n) is 5.78. The maximum Gasteiger partial charge on any atom is 0.274 e. The zero-order valence-electron chi connectivity index (χ0n) is 16.4. The van der Waals surface area contributed by atoms with E-state index in [0.717, 1.165) is 64.1 Å². The Labute approximate surface area is 152 Å². The molecular weight excluding hydrogens is 312 g/mol. The second-order valence-corrected chi connectivity index (χ2v) is 7.97. The molecule has 0 saturated carbocycles. The minimum Gasteiger partial charge on any atom is -0.337 e. The maximum absolute atomic E-state index is 13.1. The Bertz CT molecular complexity index is 597. The van der Waals surface area contributed by atoms with Gasteiger partial charge in [-0.25, -0.2) is 0 Å². The van der Waals surface area contributed by atoms with Gasteiger partial charge >= 0.3 is 0 Å². The van der Waals surface area contributed by atoms with Crippen LogP contribution in [0.15, 0.2) is 0 Å². The van der Waals surface area contributed by atoms with Crippen molar-refractivity contribution in [2.45, 2.75) is 72.4 Å². The third-order valence-corrected chi connectivity index (χ3v) is 5.78. The van der Waals surface area contributed by atoms with Crippen molar-refractivity contribution in [1.82, 2.24) is 19.6 Å². The molecule has 0 N–H and O–H groups in total. The first-order valence-corrected chi connectivity index (χ1v) is 10.2. The lowest BCUT2D eigenvalue weighted by Gasteiger charge is -2.33. The van der Waals surface area contributed by atoms with Crippen molar-refractivity contribution in [3.05, 3.63) is 17.0 Å². The van der Waals surface area contributed by atoms with Crippen LogP contribution in [-0.4, -0.2) is 57.7 Å². The topological polar surface area (TPSA) is 41.4 Å². The number of aromatic nitrogens is 2. The molecular formula is C20H34N4O. The third kappa shape index (κ3) is 3.76. The predicted octanol–water partition coefficient (Wildman–Crippen LogP) is 2.97. The largest absolute Gasteiger partial charge is 0.337 e. The van der Waals surface area contributed by atoms with Crippen molar-refractivity contribution in [3.8, 4) is 0 Å². The molecule has 3 rings (SSSR count). The normalized spacial score (nSPS) is 20.6. The van der Waals surface area contributed by atoms with Crippen LogP contribution in [0.2, 0.25) is 0 Å². The van der Waals surface area contributed by atoms with Crippen molar-refractivity contribution in [3.63, 3.8) is 0 Å². The van der Waals surface area contributed by atoms with Crippen molar-refractivity contribution in [1.29, 1.82) is 0 Å². The molecule has 2 aliphatic rings. The summed E-state index contributed by atoms with van der Waals surface area (Å²) in [6.45, 7) is 13.8. The molecule has 1 fully saturated rings. The number of carbonyl (C=O) groups excluding carboxylic acids is 1. The number of likely N-dealkylation sites (tertiary alicyclic amines) is 1. The highest BCUT2D eigenvalue weighted by atomic mass is 16.2. The van der Waals surface area contributed by atoms with E-state index in [4.69, 9.17) is 5.10 Å². The number of amides is 1. The fraction of sp³-hybridized carbons (Fsp3) is 0.800. The molecule has 5 nitrogen and oxygen atoms in total. The Morgan fingerprint density at radius 2 is 1.92 bits per heavy atom. The van der Waals surface area contributed by atoms with E-state index in [1.807, 2.05) is 4.90 Å². The first-order chi connectivity index (χ1) is 12.0. The molecule has 2 heterocycles. The van der Waals surface area contributed by atoms with E-state index in [2.05, 4.69) is 37.3 Å². The molecule has 0 spiro atoms. The number of fused-ring (bicyclic) bond motifs is 1. The Morgan fingerprint density at radius 3 is 2.52 bits per heavy atom. The van der Waals surface area contributed by atoms with E-state index in [-0.39, 0.29) is 5.91 Å². The van der Waals surface area contributed by atoms with Gasteiger partial charge in [0.15, 0.2) is 5.69 Å². The fourth-order valence-corrected chi connectivity index (χ4v) is 4.46. The van der Waals surface area contributed by atoms with Crippen LogP contribution in [0.25, 0.3) is 0 Å². The lowest BCUT2D eigenvalue weighted by molar-refractivity contribution is 0.0784. The van der Waals surface area contributed by atoms with Crippen LogP contribution in [0.3, 0.4) is 0 Å². The molecule has 5 heteroatoms. The molecule has 0 unspecified atom stereocenters. The van der Waals surface area contributed by atoms with Crippen molar-refractivity contribution in [2.24, 2.45) is 5.92 Å². The molecule has 1 amide bonds. The highest BCUT2D eigenvalue weighted by Crippen LogP contribution is 2.29. The zero-order valence-corrected chi connectivity index (χ0v) is 16.4. The highest BCUT2D eigenvalue weighted by molar-refractivity contribution is 5.94. The SMILES string of the molecule is CCN(CC)[C@@H]1CCc2c(c(C(=O)N3CCCC3)nn2CC(C)C)C1. The van der Waals surface area contributed by atoms with E-state index >= 15 is 0 Å². The first kappa shape index (κ1) is 18.4. The van der Waals surface area contributed by atoms with Crippen LogP contribution < -0.4 is 0 Å². The molecule has 25 heavy (non-hydrogen) atoms.